The van der Waals surface area contributed by atoms with Gasteiger partial charge in [-0.2, -0.15) is 0 Å². The summed E-state index contributed by atoms with van der Waals surface area (Å²) in [6.45, 7) is 0. The van der Waals surface area contributed by atoms with Gasteiger partial charge in [-0.3, -0.25) is 0 Å². The van der Waals surface area contributed by atoms with Gasteiger partial charge in [-0.25, -0.2) is 13.2 Å². The van der Waals surface area contributed by atoms with Gasteiger partial charge in [0.1, 0.15) is 5.69 Å². The van der Waals surface area contributed by atoms with E-state index in [-0.39, 0.29) is 10.6 Å². The number of halogens is 1. The Morgan fingerprint density at radius 1 is 1.31 bits per heavy atom. The number of carbonyl (C=O) groups is 1. The average Bonchev–Trinajstić information content (AvgIpc) is 2.58. The Kier molecular flexibility index (Phi) is 2.40. The standard InChI is InChI=1S/C9H6ClNO4S/c10-16(14,15)6-2-1-5-3-8(9(12)13)11-7(5)4-6/h1-4,11H,(H,12,13). The SMILES string of the molecule is O=C(O)c1cc2ccc(S(=O)(=O)Cl)cc2[nH]1. The zero-order valence-corrected chi connectivity index (χ0v) is 9.34. The van der Waals surface area contributed by atoms with E-state index in [9.17, 15) is 13.2 Å². The molecule has 0 amide bonds. The number of carboxylic acid groups (broad SMARTS) is 1. The zero-order chi connectivity index (χ0) is 11.9. The highest BCUT2D eigenvalue weighted by Gasteiger charge is 2.13. The second-order valence-corrected chi connectivity index (χ2v) is 5.74. The quantitative estimate of drug-likeness (QED) is 0.805. The molecular weight excluding hydrogens is 254 g/mol. The van der Waals surface area contributed by atoms with Crippen LogP contribution < -0.4 is 0 Å². The van der Waals surface area contributed by atoms with Gasteiger partial charge in [0.05, 0.1) is 4.90 Å². The van der Waals surface area contributed by atoms with Crippen LogP contribution in [0.3, 0.4) is 0 Å². The fourth-order valence-electron chi connectivity index (χ4n) is 1.37. The molecule has 5 nitrogen and oxygen atoms in total. The maximum Gasteiger partial charge on any atom is 0.352 e. The van der Waals surface area contributed by atoms with E-state index in [4.69, 9.17) is 15.8 Å². The summed E-state index contributed by atoms with van der Waals surface area (Å²) in [6.07, 6.45) is 0. The Morgan fingerprint density at radius 2 is 2.00 bits per heavy atom. The molecule has 2 rings (SSSR count). The molecule has 0 aliphatic rings. The molecule has 0 aliphatic heterocycles. The minimum absolute atomic E-state index is 0.000814. The largest absolute Gasteiger partial charge is 0.477 e. The van der Waals surface area contributed by atoms with E-state index < -0.39 is 15.0 Å². The second-order valence-electron chi connectivity index (χ2n) is 3.18. The predicted molar refractivity (Wildman–Crippen MR) is 58.3 cm³/mol. The molecule has 0 bridgehead atoms. The summed E-state index contributed by atoms with van der Waals surface area (Å²) in [7, 11) is 1.37. The molecule has 16 heavy (non-hydrogen) atoms. The van der Waals surface area contributed by atoms with Crippen molar-refractivity contribution in [2.75, 3.05) is 0 Å². The molecule has 1 aromatic carbocycles. The summed E-state index contributed by atoms with van der Waals surface area (Å²) < 4.78 is 22.1. The molecule has 0 radical (unpaired) electrons. The first kappa shape index (κ1) is 11.0. The number of aromatic carboxylic acids is 1. The van der Waals surface area contributed by atoms with E-state index in [0.717, 1.165) is 0 Å². The van der Waals surface area contributed by atoms with Crippen molar-refractivity contribution in [3.05, 3.63) is 30.0 Å². The molecule has 84 valence electrons. The van der Waals surface area contributed by atoms with Crippen molar-refractivity contribution in [2.24, 2.45) is 0 Å². The summed E-state index contributed by atoms with van der Waals surface area (Å²) in [5.41, 5.74) is 0.415. The molecule has 0 atom stereocenters. The van der Waals surface area contributed by atoms with Crippen LogP contribution in [-0.4, -0.2) is 24.5 Å². The monoisotopic (exact) mass is 259 g/mol. The fourth-order valence-corrected chi connectivity index (χ4v) is 2.15. The van der Waals surface area contributed by atoms with E-state index in [2.05, 4.69) is 4.98 Å². The molecule has 0 saturated carbocycles. The molecule has 2 N–H and O–H groups in total. The van der Waals surface area contributed by atoms with E-state index in [0.29, 0.717) is 10.9 Å². The summed E-state index contributed by atoms with van der Waals surface area (Å²) in [6, 6.07) is 5.53. The van der Waals surface area contributed by atoms with Gasteiger partial charge in [-0.1, -0.05) is 6.07 Å². The Morgan fingerprint density at radius 3 is 2.56 bits per heavy atom. The maximum atomic E-state index is 11.1. The Labute approximate surface area is 95.1 Å². The van der Waals surface area contributed by atoms with Crippen LogP contribution in [0.25, 0.3) is 10.9 Å². The van der Waals surface area contributed by atoms with Crippen LogP contribution in [-0.2, 0) is 9.05 Å². The zero-order valence-electron chi connectivity index (χ0n) is 7.77. The molecule has 7 heteroatoms. The van der Waals surface area contributed by atoms with Gasteiger partial charge in [-0.05, 0) is 18.2 Å². The molecule has 0 aliphatic carbocycles. The number of carboxylic acids is 1. The molecule has 1 aromatic heterocycles. The number of hydrogen-bond acceptors (Lipinski definition) is 3. The highest BCUT2D eigenvalue weighted by Crippen LogP contribution is 2.22. The predicted octanol–water partition coefficient (Wildman–Crippen LogP) is 1.79. The third kappa shape index (κ3) is 1.89. The summed E-state index contributed by atoms with van der Waals surface area (Å²) in [4.78, 5) is 13.2. The fraction of sp³-hybridized carbons (Fsp3) is 0. The Hall–Kier alpha value is -1.53. The molecule has 0 unspecified atom stereocenters. The number of fused-ring (bicyclic) bond motifs is 1. The van der Waals surface area contributed by atoms with E-state index >= 15 is 0 Å². The average molecular weight is 260 g/mol. The number of rotatable bonds is 2. The van der Waals surface area contributed by atoms with Crippen LogP contribution in [0.5, 0.6) is 0 Å². The Balaban J connectivity index is 2.67. The number of benzene rings is 1. The summed E-state index contributed by atoms with van der Waals surface area (Å²) in [5.74, 6) is -1.11. The molecule has 0 spiro atoms. The first-order chi connectivity index (χ1) is 7.38. The second kappa shape index (κ2) is 3.50. The van der Waals surface area contributed by atoms with Gasteiger partial charge in [0.25, 0.3) is 9.05 Å². The van der Waals surface area contributed by atoms with Crippen molar-refractivity contribution < 1.29 is 18.3 Å². The first-order valence-corrected chi connectivity index (χ1v) is 6.49. The lowest BCUT2D eigenvalue weighted by Crippen LogP contribution is -1.94. The number of H-pyrrole nitrogens is 1. The minimum atomic E-state index is -3.80. The molecule has 0 saturated heterocycles. The number of aromatic nitrogens is 1. The Bertz CT molecular complexity index is 674. The van der Waals surface area contributed by atoms with Crippen molar-refractivity contribution in [2.45, 2.75) is 4.90 Å². The van der Waals surface area contributed by atoms with Crippen molar-refractivity contribution in [3.63, 3.8) is 0 Å². The van der Waals surface area contributed by atoms with E-state index in [1.165, 1.54) is 24.3 Å². The van der Waals surface area contributed by atoms with Crippen molar-refractivity contribution in [1.29, 1.82) is 0 Å². The lowest BCUT2D eigenvalue weighted by molar-refractivity contribution is 0.0691. The highest BCUT2D eigenvalue weighted by molar-refractivity contribution is 8.13. The van der Waals surface area contributed by atoms with Gasteiger partial charge in [0.15, 0.2) is 0 Å². The van der Waals surface area contributed by atoms with Crippen LogP contribution >= 0.6 is 10.7 Å². The van der Waals surface area contributed by atoms with Gasteiger partial charge in [0.2, 0.25) is 0 Å². The van der Waals surface area contributed by atoms with Crippen LogP contribution in [0, 0.1) is 0 Å². The maximum absolute atomic E-state index is 11.1. The normalized spacial score (nSPS) is 11.8. The van der Waals surface area contributed by atoms with Crippen LogP contribution in [0.2, 0.25) is 0 Å². The van der Waals surface area contributed by atoms with Crippen molar-refractivity contribution in [3.8, 4) is 0 Å². The molecule has 1 heterocycles. The molecule has 0 fully saturated rings. The molecule has 2 aromatic rings. The molecular formula is C9H6ClNO4S. The van der Waals surface area contributed by atoms with Crippen LogP contribution in [0.1, 0.15) is 10.5 Å². The van der Waals surface area contributed by atoms with Crippen molar-refractivity contribution >= 4 is 36.6 Å². The highest BCUT2D eigenvalue weighted by atomic mass is 35.7. The summed E-state index contributed by atoms with van der Waals surface area (Å²) >= 11 is 0. The summed E-state index contributed by atoms with van der Waals surface area (Å²) in [5, 5.41) is 9.35. The van der Waals surface area contributed by atoms with Gasteiger partial charge >= 0.3 is 5.97 Å². The first-order valence-electron chi connectivity index (χ1n) is 4.18. The number of aromatic amines is 1. The van der Waals surface area contributed by atoms with E-state index in [1.807, 2.05) is 0 Å². The lowest BCUT2D eigenvalue weighted by atomic mass is 10.2. The van der Waals surface area contributed by atoms with Crippen LogP contribution in [0.15, 0.2) is 29.2 Å². The van der Waals surface area contributed by atoms with Crippen molar-refractivity contribution in [1.82, 2.24) is 4.98 Å². The smallest absolute Gasteiger partial charge is 0.352 e. The third-order valence-electron chi connectivity index (χ3n) is 2.11. The minimum Gasteiger partial charge on any atom is -0.477 e. The van der Waals surface area contributed by atoms with E-state index in [1.54, 1.807) is 0 Å². The van der Waals surface area contributed by atoms with Gasteiger partial charge in [0, 0.05) is 21.6 Å². The lowest BCUT2D eigenvalue weighted by Gasteiger charge is -1.95. The van der Waals surface area contributed by atoms with Gasteiger partial charge in [-0.15, -0.1) is 0 Å². The topological polar surface area (TPSA) is 87.2 Å². The van der Waals surface area contributed by atoms with Gasteiger partial charge < -0.3 is 10.1 Å². The number of nitrogens with one attached hydrogen (secondary N) is 1. The number of hydrogen-bond donors (Lipinski definition) is 2. The third-order valence-corrected chi connectivity index (χ3v) is 3.46. The van der Waals surface area contributed by atoms with Crippen LogP contribution in [0.4, 0.5) is 0 Å².